The molecule has 3 rings (SSSR count). The molecule has 0 bridgehead atoms. The molecule has 0 aromatic heterocycles. The molecule has 0 spiro atoms. The van der Waals surface area contributed by atoms with Crippen molar-refractivity contribution >= 4 is 11.8 Å². The summed E-state index contributed by atoms with van der Waals surface area (Å²) in [5, 5.41) is 3.65. The molecule has 20 heavy (non-hydrogen) atoms. The van der Waals surface area contributed by atoms with Crippen molar-refractivity contribution in [1.29, 1.82) is 0 Å². The van der Waals surface area contributed by atoms with Gasteiger partial charge >= 0.3 is 0 Å². The predicted octanol–water partition coefficient (Wildman–Crippen LogP) is 2.71. The van der Waals surface area contributed by atoms with Crippen LogP contribution >= 0.6 is 11.8 Å². The van der Waals surface area contributed by atoms with E-state index < -0.39 is 0 Å². The Bertz CT molecular complexity index is 411. The van der Waals surface area contributed by atoms with E-state index in [2.05, 4.69) is 22.0 Å². The fourth-order valence-electron chi connectivity index (χ4n) is 3.04. The van der Waals surface area contributed by atoms with E-state index in [9.17, 15) is 4.39 Å². The van der Waals surface area contributed by atoms with Crippen molar-refractivity contribution in [2.24, 2.45) is 0 Å². The summed E-state index contributed by atoms with van der Waals surface area (Å²) < 4.78 is 12.9. The minimum atomic E-state index is -0.137. The van der Waals surface area contributed by atoms with Gasteiger partial charge in [0, 0.05) is 43.7 Å². The second kappa shape index (κ2) is 6.92. The van der Waals surface area contributed by atoms with Gasteiger partial charge in [0.2, 0.25) is 0 Å². The Labute approximate surface area is 125 Å². The Balaban J connectivity index is 1.33. The van der Waals surface area contributed by atoms with Gasteiger partial charge in [0.15, 0.2) is 0 Å². The number of rotatable bonds is 5. The zero-order valence-corrected chi connectivity index (χ0v) is 12.7. The van der Waals surface area contributed by atoms with Gasteiger partial charge in [-0.1, -0.05) is 12.1 Å². The van der Waals surface area contributed by atoms with Crippen LogP contribution in [0.15, 0.2) is 24.3 Å². The molecule has 1 aliphatic carbocycles. The van der Waals surface area contributed by atoms with Crippen LogP contribution < -0.4 is 5.32 Å². The summed E-state index contributed by atoms with van der Waals surface area (Å²) in [7, 11) is 0. The first-order valence-electron chi connectivity index (χ1n) is 7.60. The third-order valence-electron chi connectivity index (χ3n) is 4.44. The average molecular weight is 294 g/mol. The Kier molecular flexibility index (Phi) is 4.97. The second-order valence-corrected chi connectivity index (χ2v) is 7.05. The van der Waals surface area contributed by atoms with E-state index in [4.69, 9.17) is 0 Å². The summed E-state index contributed by atoms with van der Waals surface area (Å²) in [5.41, 5.74) is 1.29. The van der Waals surface area contributed by atoms with Crippen LogP contribution in [-0.2, 0) is 0 Å². The molecule has 0 unspecified atom stereocenters. The molecule has 1 aromatic carbocycles. The van der Waals surface area contributed by atoms with E-state index >= 15 is 0 Å². The van der Waals surface area contributed by atoms with Gasteiger partial charge in [0.1, 0.15) is 5.82 Å². The number of hydrogen-bond acceptors (Lipinski definition) is 3. The van der Waals surface area contributed by atoms with Crippen LogP contribution in [0.5, 0.6) is 0 Å². The fraction of sp³-hybridized carbons (Fsp3) is 0.625. The lowest BCUT2D eigenvalue weighted by molar-refractivity contribution is 0.255. The molecule has 1 aromatic rings. The average Bonchev–Trinajstić information content (AvgIpc) is 2.44. The summed E-state index contributed by atoms with van der Waals surface area (Å²) >= 11 is 2.06. The van der Waals surface area contributed by atoms with Crippen LogP contribution in [-0.4, -0.2) is 48.6 Å². The van der Waals surface area contributed by atoms with Crippen LogP contribution in [0.4, 0.5) is 4.39 Å². The number of nitrogens with one attached hydrogen (secondary N) is 1. The molecular formula is C16H23FN2S. The molecule has 2 fully saturated rings. The number of halogens is 1. The maximum Gasteiger partial charge on any atom is 0.123 e. The van der Waals surface area contributed by atoms with E-state index in [-0.39, 0.29) is 5.82 Å². The van der Waals surface area contributed by atoms with Gasteiger partial charge in [-0.05, 0) is 36.5 Å². The summed E-state index contributed by atoms with van der Waals surface area (Å²) in [5.74, 6) is 3.06. The number of hydrogen-bond donors (Lipinski definition) is 1. The van der Waals surface area contributed by atoms with Gasteiger partial charge in [-0.15, -0.1) is 0 Å². The van der Waals surface area contributed by atoms with Crippen molar-refractivity contribution in [3.05, 3.63) is 35.6 Å². The number of thioether (sulfide) groups is 1. The Morgan fingerprint density at radius 1 is 1.15 bits per heavy atom. The third kappa shape index (κ3) is 3.74. The fourth-order valence-corrected chi connectivity index (χ4v) is 4.02. The van der Waals surface area contributed by atoms with E-state index in [1.54, 1.807) is 12.1 Å². The first-order chi connectivity index (χ1) is 9.81. The summed E-state index contributed by atoms with van der Waals surface area (Å²) in [6, 6.07) is 7.67. The standard InChI is InChI=1S/C16H23FN2S/c17-15-3-1-13(2-4-15)14-11-16(12-14)18-5-6-19-7-9-20-10-8-19/h1-4,14,16,18H,5-12H2. The molecule has 1 saturated heterocycles. The highest BCUT2D eigenvalue weighted by molar-refractivity contribution is 7.99. The zero-order valence-electron chi connectivity index (χ0n) is 11.9. The lowest BCUT2D eigenvalue weighted by Gasteiger charge is -2.37. The van der Waals surface area contributed by atoms with Crippen molar-refractivity contribution < 1.29 is 4.39 Å². The molecule has 0 radical (unpaired) electrons. The molecule has 1 N–H and O–H groups in total. The van der Waals surface area contributed by atoms with Crippen LogP contribution in [0.2, 0.25) is 0 Å². The Morgan fingerprint density at radius 3 is 2.55 bits per heavy atom. The van der Waals surface area contributed by atoms with E-state index in [0.717, 1.165) is 6.54 Å². The first kappa shape index (κ1) is 14.4. The molecular weight excluding hydrogens is 271 g/mol. The molecule has 4 heteroatoms. The summed E-state index contributed by atoms with van der Waals surface area (Å²) in [6.45, 7) is 4.77. The van der Waals surface area contributed by atoms with Crippen molar-refractivity contribution in [3.63, 3.8) is 0 Å². The molecule has 1 heterocycles. The summed E-state index contributed by atoms with van der Waals surface area (Å²) in [4.78, 5) is 2.56. The minimum Gasteiger partial charge on any atom is -0.313 e. The Hall–Kier alpha value is -0.580. The van der Waals surface area contributed by atoms with Gasteiger partial charge in [0.25, 0.3) is 0 Å². The van der Waals surface area contributed by atoms with Crippen molar-refractivity contribution in [2.45, 2.75) is 24.8 Å². The number of benzene rings is 1. The first-order valence-corrected chi connectivity index (χ1v) is 8.75. The van der Waals surface area contributed by atoms with Gasteiger partial charge < -0.3 is 10.2 Å². The summed E-state index contributed by atoms with van der Waals surface area (Å²) in [6.07, 6.45) is 2.39. The lowest BCUT2D eigenvalue weighted by Crippen LogP contribution is -2.44. The van der Waals surface area contributed by atoms with E-state index in [0.29, 0.717) is 12.0 Å². The predicted molar refractivity (Wildman–Crippen MR) is 83.9 cm³/mol. The maximum atomic E-state index is 12.9. The van der Waals surface area contributed by atoms with Crippen molar-refractivity contribution in [3.8, 4) is 0 Å². The second-order valence-electron chi connectivity index (χ2n) is 5.82. The van der Waals surface area contributed by atoms with Crippen LogP contribution in [0.25, 0.3) is 0 Å². The quantitative estimate of drug-likeness (QED) is 0.899. The normalized spacial score (nSPS) is 27.2. The van der Waals surface area contributed by atoms with Crippen molar-refractivity contribution in [2.75, 3.05) is 37.7 Å². The molecule has 2 nitrogen and oxygen atoms in total. The topological polar surface area (TPSA) is 15.3 Å². The molecule has 2 aliphatic rings. The SMILES string of the molecule is Fc1ccc(C2CC(NCCN3CCSCC3)C2)cc1. The molecule has 110 valence electrons. The van der Waals surface area contributed by atoms with E-state index in [1.165, 1.54) is 49.5 Å². The monoisotopic (exact) mass is 294 g/mol. The lowest BCUT2D eigenvalue weighted by atomic mass is 9.76. The highest BCUT2D eigenvalue weighted by atomic mass is 32.2. The highest BCUT2D eigenvalue weighted by Gasteiger charge is 2.29. The van der Waals surface area contributed by atoms with Crippen LogP contribution in [0, 0.1) is 5.82 Å². The third-order valence-corrected chi connectivity index (χ3v) is 5.39. The molecule has 0 amide bonds. The highest BCUT2D eigenvalue weighted by Crippen LogP contribution is 2.36. The number of nitrogens with zero attached hydrogens (tertiary/aromatic N) is 1. The van der Waals surface area contributed by atoms with Gasteiger partial charge in [-0.25, -0.2) is 4.39 Å². The molecule has 1 aliphatic heterocycles. The van der Waals surface area contributed by atoms with Crippen LogP contribution in [0.3, 0.4) is 0 Å². The van der Waals surface area contributed by atoms with Gasteiger partial charge in [-0.2, -0.15) is 11.8 Å². The van der Waals surface area contributed by atoms with Gasteiger partial charge in [-0.3, -0.25) is 0 Å². The largest absolute Gasteiger partial charge is 0.313 e. The van der Waals surface area contributed by atoms with Crippen LogP contribution in [0.1, 0.15) is 24.3 Å². The maximum absolute atomic E-state index is 12.9. The van der Waals surface area contributed by atoms with E-state index in [1.807, 2.05) is 12.1 Å². The minimum absolute atomic E-state index is 0.137. The Morgan fingerprint density at radius 2 is 1.85 bits per heavy atom. The smallest absolute Gasteiger partial charge is 0.123 e. The van der Waals surface area contributed by atoms with Crippen molar-refractivity contribution in [1.82, 2.24) is 10.2 Å². The molecule has 1 saturated carbocycles. The zero-order chi connectivity index (χ0) is 13.8. The van der Waals surface area contributed by atoms with Gasteiger partial charge in [0.05, 0.1) is 0 Å². The molecule has 0 atom stereocenters.